The molecule has 0 saturated heterocycles. The second-order valence-electron chi connectivity index (χ2n) is 5.00. The van der Waals surface area contributed by atoms with Gasteiger partial charge in [-0.15, -0.1) is 0 Å². The van der Waals surface area contributed by atoms with E-state index in [1.54, 1.807) is 24.3 Å². The van der Waals surface area contributed by atoms with Gasteiger partial charge in [-0.2, -0.15) is 8.42 Å². The predicted octanol–water partition coefficient (Wildman–Crippen LogP) is 3.48. The lowest BCUT2D eigenvalue weighted by Crippen LogP contribution is -2.31. The van der Waals surface area contributed by atoms with Gasteiger partial charge in [-0.1, -0.05) is 54.6 Å². The molecule has 1 aromatic heterocycles. The minimum Gasteiger partial charge on any atom is -0.261 e. The van der Waals surface area contributed by atoms with Crippen molar-refractivity contribution in [1.29, 1.82) is 0 Å². The molecule has 2 aromatic carbocycles. The first-order valence-electron chi connectivity index (χ1n) is 7.21. The van der Waals surface area contributed by atoms with Crippen LogP contribution in [-0.2, 0) is 16.6 Å². The van der Waals surface area contributed by atoms with E-state index in [9.17, 15) is 8.42 Å². The summed E-state index contributed by atoms with van der Waals surface area (Å²) in [5.41, 5.74) is 1.53. The lowest BCUT2D eigenvalue weighted by atomic mass is 10.2. The fourth-order valence-electron chi connectivity index (χ4n) is 2.27. The first-order chi connectivity index (χ1) is 11.2. The maximum absolute atomic E-state index is 13.0. The Bertz CT molecular complexity index is 851. The number of anilines is 1. The van der Waals surface area contributed by atoms with Crippen LogP contribution in [0.4, 0.5) is 5.69 Å². The summed E-state index contributed by atoms with van der Waals surface area (Å²) in [7, 11) is -3.73. The minimum atomic E-state index is -3.73. The zero-order chi connectivity index (χ0) is 16.1. The summed E-state index contributed by atoms with van der Waals surface area (Å²) in [5, 5.41) is 0.0415. The molecule has 4 nitrogen and oxygen atoms in total. The van der Waals surface area contributed by atoms with Crippen LogP contribution < -0.4 is 4.31 Å². The zero-order valence-electron chi connectivity index (χ0n) is 12.4. The van der Waals surface area contributed by atoms with Crippen molar-refractivity contribution in [3.63, 3.8) is 0 Å². The van der Waals surface area contributed by atoms with Crippen LogP contribution >= 0.6 is 0 Å². The van der Waals surface area contributed by atoms with Crippen LogP contribution in [0.15, 0.2) is 90.1 Å². The monoisotopic (exact) mass is 324 g/mol. The molecule has 0 aliphatic rings. The van der Waals surface area contributed by atoms with E-state index < -0.39 is 10.0 Å². The van der Waals surface area contributed by atoms with Gasteiger partial charge in [0.25, 0.3) is 10.0 Å². The Morgan fingerprint density at radius 3 is 2.00 bits per heavy atom. The fourth-order valence-corrected chi connectivity index (χ4v) is 3.66. The maximum Gasteiger partial charge on any atom is 0.282 e. The molecule has 0 bridgehead atoms. The number of pyridine rings is 1. The van der Waals surface area contributed by atoms with E-state index in [2.05, 4.69) is 4.98 Å². The third-order valence-electron chi connectivity index (χ3n) is 3.41. The van der Waals surface area contributed by atoms with Crippen LogP contribution in [0.1, 0.15) is 5.56 Å². The van der Waals surface area contributed by atoms with Gasteiger partial charge in [0.05, 0.1) is 12.2 Å². The van der Waals surface area contributed by atoms with E-state index >= 15 is 0 Å². The average molecular weight is 324 g/mol. The Morgan fingerprint density at radius 2 is 1.39 bits per heavy atom. The van der Waals surface area contributed by atoms with E-state index in [0.29, 0.717) is 5.69 Å². The Kier molecular flexibility index (Phi) is 4.39. The molecule has 0 unspecified atom stereocenters. The van der Waals surface area contributed by atoms with Crippen molar-refractivity contribution in [2.24, 2.45) is 0 Å². The van der Waals surface area contributed by atoms with Crippen molar-refractivity contribution in [2.45, 2.75) is 11.6 Å². The molecule has 0 spiro atoms. The highest BCUT2D eigenvalue weighted by atomic mass is 32.2. The second-order valence-corrected chi connectivity index (χ2v) is 6.81. The molecule has 116 valence electrons. The van der Waals surface area contributed by atoms with Gasteiger partial charge in [0, 0.05) is 6.20 Å². The van der Waals surface area contributed by atoms with Crippen LogP contribution in [0, 0.1) is 0 Å². The van der Waals surface area contributed by atoms with Crippen LogP contribution in [0.5, 0.6) is 0 Å². The number of para-hydroxylation sites is 1. The van der Waals surface area contributed by atoms with Gasteiger partial charge < -0.3 is 0 Å². The molecule has 0 aliphatic carbocycles. The average Bonchev–Trinajstić information content (AvgIpc) is 2.62. The lowest BCUT2D eigenvalue weighted by molar-refractivity contribution is 0.586. The van der Waals surface area contributed by atoms with E-state index in [4.69, 9.17) is 0 Å². The van der Waals surface area contributed by atoms with Gasteiger partial charge in [-0.05, 0) is 29.8 Å². The molecule has 23 heavy (non-hydrogen) atoms. The van der Waals surface area contributed by atoms with Crippen LogP contribution in [0.2, 0.25) is 0 Å². The summed E-state index contributed by atoms with van der Waals surface area (Å²) in [5.74, 6) is 0. The van der Waals surface area contributed by atoms with E-state index in [-0.39, 0.29) is 11.6 Å². The molecule has 1 heterocycles. The molecule has 0 atom stereocenters. The molecule has 0 amide bonds. The Morgan fingerprint density at radius 1 is 0.783 bits per heavy atom. The van der Waals surface area contributed by atoms with Gasteiger partial charge in [0.2, 0.25) is 0 Å². The first kappa shape index (κ1) is 15.2. The smallest absolute Gasteiger partial charge is 0.261 e. The Labute approximate surface area is 136 Å². The molecule has 3 rings (SSSR count). The molecule has 0 fully saturated rings. The molecular formula is C18H16N2O2S. The van der Waals surface area contributed by atoms with Crippen molar-refractivity contribution < 1.29 is 8.42 Å². The van der Waals surface area contributed by atoms with Crippen molar-refractivity contribution in [3.05, 3.63) is 90.6 Å². The van der Waals surface area contributed by atoms with Crippen molar-refractivity contribution >= 4 is 15.7 Å². The number of sulfonamides is 1. The summed E-state index contributed by atoms with van der Waals surface area (Å²) in [6.07, 6.45) is 1.48. The third kappa shape index (κ3) is 3.40. The highest BCUT2D eigenvalue weighted by molar-refractivity contribution is 7.92. The molecule has 0 radical (unpaired) electrons. The second kappa shape index (κ2) is 6.62. The SMILES string of the molecule is O=S(=O)(c1ccccn1)N(Cc1ccccc1)c1ccccc1. The van der Waals surface area contributed by atoms with E-state index in [1.807, 2.05) is 48.5 Å². The summed E-state index contributed by atoms with van der Waals surface area (Å²) in [4.78, 5) is 4.01. The van der Waals surface area contributed by atoms with Gasteiger partial charge in [0.1, 0.15) is 0 Å². The quantitative estimate of drug-likeness (QED) is 0.722. The highest BCUT2D eigenvalue weighted by Crippen LogP contribution is 2.24. The van der Waals surface area contributed by atoms with Crippen molar-refractivity contribution in [2.75, 3.05) is 4.31 Å². The minimum absolute atomic E-state index is 0.0415. The fraction of sp³-hybridized carbons (Fsp3) is 0.0556. The van der Waals surface area contributed by atoms with Crippen LogP contribution in [-0.4, -0.2) is 13.4 Å². The van der Waals surface area contributed by atoms with E-state index in [1.165, 1.54) is 16.6 Å². The third-order valence-corrected chi connectivity index (χ3v) is 5.10. The number of hydrogen-bond donors (Lipinski definition) is 0. The summed E-state index contributed by atoms with van der Waals surface area (Å²) < 4.78 is 27.4. The zero-order valence-corrected chi connectivity index (χ0v) is 13.2. The summed E-state index contributed by atoms with van der Waals surface area (Å²) >= 11 is 0. The normalized spacial score (nSPS) is 11.1. The maximum atomic E-state index is 13.0. The van der Waals surface area contributed by atoms with Crippen molar-refractivity contribution in [1.82, 2.24) is 4.98 Å². The molecule has 0 aliphatic heterocycles. The predicted molar refractivity (Wildman–Crippen MR) is 90.5 cm³/mol. The Balaban J connectivity index is 2.05. The van der Waals surface area contributed by atoms with Gasteiger partial charge in [-0.25, -0.2) is 4.98 Å². The van der Waals surface area contributed by atoms with Crippen LogP contribution in [0.25, 0.3) is 0 Å². The van der Waals surface area contributed by atoms with Crippen molar-refractivity contribution in [3.8, 4) is 0 Å². The molecule has 0 saturated carbocycles. The number of aromatic nitrogens is 1. The molecule has 3 aromatic rings. The van der Waals surface area contributed by atoms with E-state index in [0.717, 1.165) is 5.56 Å². The largest absolute Gasteiger partial charge is 0.282 e. The topological polar surface area (TPSA) is 50.3 Å². The molecule has 0 N–H and O–H groups in total. The summed E-state index contributed by atoms with van der Waals surface area (Å²) in [6.45, 7) is 0.254. The number of nitrogens with zero attached hydrogens (tertiary/aromatic N) is 2. The number of benzene rings is 2. The lowest BCUT2D eigenvalue weighted by Gasteiger charge is -2.24. The summed E-state index contributed by atoms with van der Waals surface area (Å²) in [6, 6.07) is 23.5. The molecular weight excluding hydrogens is 308 g/mol. The Hall–Kier alpha value is -2.66. The standard InChI is InChI=1S/C18H16N2O2S/c21-23(22,18-13-7-8-14-19-18)20(17-11-5-2-6-12-17)15-16-9-3-1-4-10-16/h1-14H,15H2. The van der Waals surface area contributed by atoms with Gasteiger partial charge in [0.15, 0.2) is 5.03 Å². The van der Waals surface area contributed by atoms with Gasteiger partial charge in [-0.3, -0.25) is 4.31 Å². The number of hydrogen-bond acceptors (Lipinski definition) is 3. The van der Waals surface area contributed by atoms with Gasteiger partial charge >= 0.3 is 0 Å². The number of rotatable bonds is 5. The molecule has 5 heteroatoms. The first-order valence-corrected chi connectivity index (χ1v) is 8.65. The highest BCUT2D eigenvalue weighted by Gasteiger charge is 2.26. The van der Waals surface area contributed by atoms with Crippen LogP contribution in [0.3, 0.4) is 0 Å².